The molecule has 90 heavy (non-hydrogen) atoms. The summed E-state index contributed by atoms with van der Waals surface area (Å²) < 4.78 is 7.83. The van der Waals surface area contributed by atoms with Crippen LogP contribution in [-0.4, -0.2) is 7.28 Å². The third-order valence-electron chi connectivity index (χ3n) is 24.4. The van der Waals surface area contributed by atoms with E-state index in [0.717, 1.165) is 54.2 Å². The number of furan rings is 1. The van der Waals surface area contributed by atoms with Crippen molar-refractivity contribution in [2.45, 2.75) is 232 Å². The Balaban J connectivity index is 1.08. The molecule has 9 aromatic rings. The van der Waals surface area contributed by atoms with Gasteiger partial charge in [-0.15, -0.1) is 0 Å². The van der Waals surface area contributed by atoms with Gasteiger partial charge in [0.2, 0.25) is 7.28 Å². The van der Waals surface area contributed by atoms with Crippen LogP contribution in [0.5, 0.6) is 0 Å². The van der Waals surface area contributed by atoms with Gasteiger partial charge in [-0.1, -0.05) is 216 Å². The molecule has 1 aliphatic heterocycles. The summed E-state index contributed by atoms with van der Waals surface area (Å²) in [5.41, 5.74) is 34.3. The van der Waals surface area contributed by atoms with E-state index in [1.165, 1.54) is 173 Å². The first-order valence-electron chi connectivity index (χ1n) is 34.7. The van der Waals surface area contributed by atoms with E-state index in [9.17, 15) is 0 Å². The number of nitrogens with zero attached hydrogens (tertiary/aromatic N) is 1. The minimum atomic E-state index is -0.358. The normalized spacial score (nSPS) is 19.7. The molecular formula is C86H97BN2O. The Hall–Kier alpha value is -7.04. The second-order valence-corrected chi connectivity index (χ2v) is 33.8. The van der Waals surface area contributed by atoms with Gasteiger partial charge in [-0.05, 0) is 238 Å². The average molecular weight is 1190 g/mol. The Bertz CT molecular complexity index is 4470. The monoisotopic (exact) mass is 1180 g/mol. The standard InChI is InChI=1S/C86H97BN2O/c1-18-19-20-22-27-51-32-37-70(56(44-51)52-28-23-21-24-29-52)89-77-72-55-30-25-26-31-60(55)85(14,15)68(72)48-59(75(77)87-76-58-47-65-67(50-71(58)90-78(76)89)84(12,13)43-41-82(65,8)9)73-69(88-53-33-35-61-63(45-53)80(4,5)39-38-79(61,2)3)36-34-54-57-46-64-66(49-62(57)86(16,17)74(54)73)83(10,11)42-40-81(64,6)7/h21,23-26,28-37,44-50,87-88H,18-20,22,27,38-43H2,1-17H3. The number of hydrogen-bond acceptors (Lipinski definition) is 3. The lowest BCUT2D eigenvalue weighted by Gasteiger charge is -2.42. The highest BCUT2D eigenvalue weighted by Crippen LogP contribution is 2.62. The summed E-state index contributed by atoms with van der Waals surface area (Å²) in [7, 11) is 0.716. The fraction of sp³-hybridized carbons (Fsp3) is 0.419. The second-order valence-electron chi connectivity index (χ2n) is 33.8. The summed E-state index contributed by atoms with van der Waals surface area (Å²) in [5, 5.41) is 5.58. The van der Waals surface area contributed by atoms with Crippen molar-refractivity contribution < 1.29 is 4.42 Å². The maximum atomic E-state index is 7.83. The van der Waals surface area contributed by atoms with Gasteiger partial charge in [-0.25, -0.2) is 0 Å². The van der Waals surface area contributed by atoms with E-state index in [2.05, 4.69) is 261 Å². The predicted molar refractivity (Wildman–Crippen MR) is 387 cm³/mol. The SMILES string of the molecule is CCCCCCc1ccc(N2c3oc4cc5c(cc4c3Bc3c(-c4c(Nc6ccc7c(c6)C(C)(C)CCC7(C)C)ccc6c4C(C)(C)c4cc7c(cc4-6)C(C)(C)CCC7(C)C)cc4c(c32)-c2ccccc2C4(C)C)C(C)(C)CCC5(C)C)c(-c2ccccc2)c1. The highest BCUT2D eigenvalue weighted by molar-refractivity contribution is 6.75. The van der Waals surface area contributed by atoms with Gasteiger partial charge in [0.25, 0.3) is 0 Å². The van der Waals surface area contributed by atoms with Crippen molar-refractivity contribution >= 4 is 57.8 Å². The van der Waals surface area contributed by atoms with Crippen LogP contribution in [-0.2, 0) is 49.7 Å². The van der Waals surface area contributed by atoms with E-state index in [1.807, 2.05) is 0 Å². The molecule has 15 rings (SSSR count). The molecule has 0 spiro atoms. The largest absolute Gasteiger partial charge is 0.440 e. The zero-order valence-electron chi connectivity index (χ0n) is 57.5. The minimum absolute atomic E-state index is 0.0151. The molecule has 4 heteroatoms. The quantitative estimate of drug-likeness (QED) is 0.109. The number of unbranched alkanes of at least 4 members (excludes halogenated alkanes) is 3. The summed E-state index contributed by atoms with van der Waals surface area (Å²) in [6.45, 7) is 42.1. The van der Waals surface area contributed by atoms with Crippen molar-refractivity contribution in [3.63, 3.8) is 0 Å². The van der Waals surface area contributed by atoms with Crippen LogP contribution in [0, 0.1) is 0 Å². The molecule has 2 heterocycles. The summed E-state index contributed by atoms with van der Waals surface area (Å²) in [6.07, 6.45) is 13.0. The summed E-state index contributed by atoms with van der Waals surface area (Å²) in [5.74, 6) is 0.949. The molecule has 0 fully saturated rings. The molecule has 0 unspecified atom stereocenters. The number of benzene rings is 8. The van der Waals surface area contributed by atoms with Crippen LogP contribution in [0.4, 0.5) is 28.6 Å². The van der Waals surface area contributed by atoms with E-state index in [-0.39, 0.29) is 43.3 Å². The van der Waals surface area contributed by atoms with Gasteiger partial charge in [0.05, 0.1) is 11.4 Å². The Morgan fingerprint density at radius 1 is 0.433 bits per heavy atom. The number of fused-ring (bicyclic) bond motifs is 14. The lowest BCUT2D eigenvalue weighted by molar-refractivity contribution is 0.331. The molecule has 1 N–H and O–H groups in total. The van der Waals surface area contributed by atoms with Crippen molar-refractivity contribution in [2.24, 2.45) is 0 Å². The fourth-order valence-corrected chi connectivity index (χ4v) is 18.3. The Labute approximate surface area is 540 Å². The molecule has 0 radical (unpaired) electrons. The molecule has 0 amide bonds. The van der Waals surface area contributed by atoms with Gasteiger partial charge >= 0.3 is 0 Å². The molecule has 3 nitrogen and oxygen atoms in total. The van der Waals surface area contributed by atoms with Gasteiger partial charge in [0.1, 0.15) is 5.58 Å². The van der Waals surface area contributed by atoms with Crippen LogP contribution < -0.4 is 21.1 Å². The fourth-order valence-electron chi connectivity index (χ4n) is 18.3. The number of rotatable bonds is 10. The molecular weight excluding hydrogens is 1090 g/mol. The Kier molecular flexibility index (Phi) is 13.2. The van der Waals surface area contributed by atoms with Gasteiger partial charge < -0.3 is 9.73 Å². The summed E-state index contributed by atoms with van der Waals surface area (Å²) >= 11 is 0. The molecule has 5 aliphatic carbocycles. The van der Waals surface area contributed by atoms with Crippen LogP contribution >= 0.6 is 0 Å². The van der Waals surface area contributed by atoms with Crippen molar-refractivity contribution in [2.75, 3.05) is 10.2 Å². The van der Waals surface area contributed by atoms with Crippen LogP contribution in [0.25, 0.3) is 55.5 Å². The first kappa shape index (κ1) is 59.3. The van der Waals surface area contributed by atoms with E-state index < -0.39 is 0 Å². The first-order valence-corrected chi connectivity index (χ1v) is 34.7. The molecule has 460 valence electrons. The van der Waals surface area contributed by atoms with Crippen molar-refractivity contribution in [1.82, 2.24) is 0 Å². The molecule has 0 atom stereocenters. The molecule has 8 aromatic carbocycles. The highest BCUT2D eigenvalue weighted by Gasteiger charge is 2.49. The third-order valence-corrected chi connectivity index (χ3v) is 24.4. The van der Waals surface area contributed by atoms with E-state index in [1.54, 1.807) is 0 Å². The van der Waals surface area contributed by atoms with Crippen LogP contribution in [0.3, 0.4) is 0 Å². The third kappa shape index (κ3) is 8.84. The maximum absolute atomic E-state index is 7.83. The maximum Gasteiger partial charge on any atom is 0.203 e. The lowest BCUT2D eigenvalue weighted by atomic mass is 9.56. The van der Waals surface area contributed by atoms with Crippen LogP contribution in [0.2, 0.25) is 0 Å². The van der Waals surface area contributed by atoms with Crippen molar-refractivity contribution in [3.05, 3.63) is 195 Å². The van der Waals surface area contributed by atoms with Crippen molar-refractivity contribution in [3.8, 4) is 44.5 Å². The zero-order chi connectivity index (χ0) is 63.2. The molecule has 0 saturated heterocycles. The number of nitrogens with one attached hydrogen (secondary N) is 1. The highest BCUT2D eigenvalue weighted by atomic mass is 16.4. The average Bonchev–Trinajstić information content (AvgIpc) is 1.49. The van der Waals surface area contributed by atoms with Gasteiger partial charge in [0.15, 0.2) is 5.88 Å². The van der Waals surface area contributed by atoms with Crippen molar-refractivity contribution in [1.29, 1.82) is 0 Å². The summed E-state index contributed by atoms with van der Waals surface area (Å²) in [6, 6.07) is 53.6. The molecule has 6 aliphatic rings. The lowest BCUT2D eigenvalue weighted by Crippen LogP contribution is -2.41. The molecule has 0 bridgehead atoms. The van der Waals surface area contributed by atoms with E-state index in [0.29, 0.717) is 7.28 Å². The Morgan fingerprint density at radius 2 is 1.03 bits per heavy atom. The van der Waals surface area contributed by atoms with Gasteiger partial charge in [-0.2, -0.15) is 0 Å². The smallest absolute Gasteiger partial charge is 0.203 e. The molecule has 1 aromatic heterocycles. The molecule has 0 saturated carbocycles. The van der Waals surface area contributed by atoms with Crippen LogP contribution in [0.1, 0.15) is 243 Å². The van der Waals surface area contributed by atoms with E-state index in [4.69, 9.17) is 4.42 Å². The van der Waals surface area contributed by atoms with Gasteiger partial charge in [0, 0.05) is 44.3 Å². The minimum Gasteiger partial charge on any atom is -0.440 e. The predicted octanol–water partition coefficient (Wildman–Crippen LogP) is 22.5. The number of aryl methyl sites for hydroxylation is 1. The van der Waals surface area contributed by atoms with Crippen LogP contribution in [0.15, 0.2) is 138 Å². The number of anilines is 5. The second kappa shape index (κ2) is 20.0. The first-order chi connectivity index (χ1) is 42.5. The number of hydrogen-bond donors (Lipinski definition) is 1. The van der Waals surface area contributed by atoms with E-state index >= 15 is 0 Å². The van der Waals surface area contributed by atoms with Gasteiger partial charge in [-0.3, -0.25) is 4.90 Å². The zero-order valence-corrected chi connectivity index (χ0v) is 57.5. The summed E-state index contributed by atoms with van der Waals surface area (Å²) in [4.78, 5) is 2.66. The topological polar surface area (TPSA) is 28.4 Å². The Morgan fingerprint density at radius 3 is 1.71 bits per heavy atom.